The molecule has 0 bridgehead atoms. The van der Waals surface area contributed by atoms with E-state index < -0.39 is 11.9 Å². The van der Waals surface area contributed by atoms with E-state index in [1.807, 2.05) is 24.4 Å². The Balaban J connectivity index is 1.85. The molecule has 0 radical (unpaired) electrons. The molecule has 1 aromatic heterocycles. The highest BCUT2D eigenvalue weighted by molar-refractivity contribution is 5.92. The van der Waals surface area contributed by atoms with E-state index in [4.69, 9.17) is 21.3 Å². The molecule has 140 valence electrons. The number of carboxylic acid groups (broad SMARTS) is 1. The quantitative estimate of drug-likeness (QED) is 0.561. The van der Waals surface area contributed by atoms with Crippen LogP contribution < -0.4 is 16.2 Å². The summed E-state index contributed by atoms with van der Waals surface area (Å²) in [6, 6.07) is 12.5. The summed E-state index contributed by atoms with van der Waals surface area (Å²) in [7, 11) is 0. The van der Waals surface area contributed by atoms with Crippen LogP contribution in [-0.4, -0.2) is 28.1 Å². The Labute approximate surface area is 156 Å². The molecule has 0 unspecified atom stereocenters. The third kappa shape index (κ3) is 4.27. The van der Waals surface area contributed by atoms with Crippen molar-refractivity contribution in [3.05, 3.63) is 65.4 Å². The smallest absolute Gasteiger partial charge is 0.323 e. The zero-order valence-corrected chi connectivity index (χ0v) is 14.7. The predicted octanol–water partition coefficient (Wildman–Crippen LogP) is 1.90. The minimum atomic E-state index is -0.902. The molecule has 3 aromatic rings. The van der Waals surface area contributed by atoms with Crippen LogP contribution in [0, 0.1) is 0 Å². The maximum Gasteiger partial charge on any atom is 0.323 e. The Morgan fingerprint density at radius 1 is 1.15 bits per heavy atom. The number of hydrogen-bond acceptors (Lipinski definition) is 4. The molecule has 0 saturated heterocycles. The molecule has 2 aromatic carbocycles. The van der Waals surface area contributed by atoms with E-state index >= 15 is 0 Å². The SMILES string of the molecule is NCCc1cn(CC(=O)O)c2ccc(OCc3cccc(C(N)=O)c3)cc12. The molecule has 27 heavy (non-hydrogen) atoms. The second kappa shape index (κ2) is 7.92. The van der Waals surface area contributed by atoms with Gasteiger partial charge in [0.15, 0.2) is 0 Å². The van der Waals surface area contributed by atoms with Gasteiger partial charge in [-0.1, -0.05) is 12.1 Å². The average molecular weight is 367 g/mol. The Kier molecular flexibility index (Phi) is 5.42. The van der Waals surface area contributed by atoms with Crippen LogP contribution in [0.5, 0.6) is 5.75 Å². The number of nitrogens with zero attached hydrogens (tertiary/aromatic N) is 1. The van der Waals surface area contributed by atoms with Crippen molar-refractivity contribution in [3.8, 4) is 5.75 Å². The molecule has 0 spiro atoms. The number of carboxylic acids is 1. The molecule has 7 nitrogen and oxygen atoms in total. The molecule has 5 N–H and O–H groups in total. The highest BCUT2D eigenvalue weighted by atomic mass is 16.5. The number of aliphatic carboxylic acids is 1. The van der Waals surface area contributed by atoms with Crippen LogP contribution in [0.15, 0.2) is 48.7 Å². The molecule has 3 rings (SSSR count). The van der Waals surface area contributed by atoms with Gasteiger partial charge in [0.1, 0.15) is 18.9 Å². The topological polar surface area (TPSA) is 121 Å². The van der Waals surface area contributed by atoms with E-state index in [9.17, 15) is 9.59 Å². The first-order chi connectivity index (χ1) is 13.0. The molecule has 0 aliphatic rings. The van der Waals surface area contributed by atoms with Gasteiger partial charge < -0.3 is 25.9 Å². The number of primary amides is 1. The van der Waals surface area contributed by atoms with Gasteiger partial charge in [0.2, 0.25) is 5.91 Å². The molecular weight excluding hydrogens is 346 g/mol. The molecule has 0 aliphatic carbocycles. The van der Waals surface area contributed by atoms with E-state index in [1.165, 1.54) is 0 Å². The van der Waals surface area contributed by atoms with Crippen molar-refractivity contribution in [1.29, 1.82) is 0 Å². The number of carbonyl (C=O) groups excluding carboxylic acids is 1. The van der Waals surface area contributed by atoms with Gasteiger partial charge in [-0.25, -0.2) is 0 Å². The van der Waals surface area contributed by atoms with E-state index in [-0.39, 0.29) is 13.2 Å². The molecule has 0 fully saturated rings. The van der Waals surface area contributed by atoms with E-state index in [0.29, 0.717) is 24.3 Å². The fourth-order valence-electron chi connectivity index (χ4n) is 3.05. The van der Waals surface area contributed by atoms with Crippen LogP contribution in [0.1, 0.15) is 21.5 Å². The minimum absolute atomic E-state index is 0.110. The summed E-state index contributed by atoms with van der Waals surface area (Å²) in [5, 5.41) is 10.0. The largest absolute Gasteiger partial charge is 0.489 e. The fourth-order valence-corrected chi connectivity index (χ4v) is 3.05. The predicted molar refractivity (Wildman–Crippen MR) is 102 cm³/mol. The van der Waals surface area contributed by atoms with Crippen molar-refractivity contribution in [2.45, 2.75) is 19.6 Å². The minimum Gasteiger partial charge on any atom is -0.489 e. The number of aromatic nitrogens is 1. The van der Waals surface area contributed by atoms with Crippen molar-refractivity contribution in [3.63, 3.8) is 0 Å². The van der Waals surface area contributed by atoms with Gasteiger partial charge in [-0.2, -0.15) is 0 Å². The maximum absolute atomic E-state index is 11.3. The lowest BCUT2D eigenvalue weighted by atomic mass is 10.1. The van der Waals surface area contributed by atoms with Crippen molar-refractivity contribution in [1.82, 2.24) is 4.57 Å². The summed E-state index contributed by atoms with van der Waals surface area (Å²) < 4.78 is 7.55. The monoisotopic (exact) mass is 367 g/mol. The number of rotatable bonds is 8. The number of amides is 1. The average Bonchev–Trinajstić information content (AvgIpc) is 2.97. The zero-order valence-electron chi connectivity index (χ0n) is 14.7. The van der Waals surface area contributed by atoms with E-state index in [2.05, 4.69) is 0 Å². The third-order valence-corrected chi connectivity index (χ3v) is 4.27. The highest BCUT2D eigenvalue weighted by Gasteiger charge is 2.12. The van der Waals surface area contributed by atoms with Gasteiger partial charge in [-0.15, -0.1) is 0 Å². The molecule has 0 saturated carbocycles. The van der Waals surface area contributed by atoms with Gasteiger partial charge in [0, 0.05) is 22.7 Å². The molecule has 1 amide bonds. The van der Waals surface area contributed by atoms with Gasteiger partial charge in [0.05, 0.1) is 0 Å². The Hall–Kier alpha value is -3.32. The molecule has 0 atom stereocenters. The summed E-state index contributed by atoms with van der Waals surface area (Å²) >= 11 is 0. The van der Waals surface area contributed by atoms with Crippen LogP contribution in [0.25, 0.3) is 10.9 Å². The lowest BCUT2D eigenvalue weighted by molar-refractivity contribution is -0.137. The maximum atomic E-state index is 11.3. The molecule has 0 aliphatic heterocycles. The lowest BCUT2D eigenvalue weighted by Gasteiger charge is -2.08. The lowest BCUT2D eigenvalue weighted by Crippen LogP contribution is -2.11. The fraction of sp³-hybridized carbons (Fsp3) is 0.200. The zero-order chi connectivity index (χ0) is 19.4. The summed E-state index contributed by atoms with van der Waals surface area (Å²) in [6.07, 6.45) is 2.47. The number of hydrogen-bond donors (Lipinski definition) is 3. The van der Waals surface area contributed by atoms with Gasteiger partial charge in [-0.3, -0.25) is 9.59 Å². The molecule has 1 heterocycles. The van der Waals surface area contributed by atoms with E-state index in [1.54, 1.807) is 28.8 Å². The van der Waals surface area contributed by atoms with Gasteiger partial charge in [0.25, 0.3) is 0 Å². The van der Waals surface area contributed by atoms with Crippen molar-refractivity contribution in [2.75, 3.05) is 6.54 Å². The second-order valence-corrected chi connectivity index (χ2v) is 6.25. The summed E-state index contributed by atoms with van der Waals surface area (Å²) in [5.74, 6) is -0.733. The number of nitrogens with two attached hydrogens (primary N) is 2. The summed E-state index contributed by atoms with van der Waals surface area (Å²) in [4.78, 5) is 22.4. The summed E-state index contributed by atoms with van der Waals surface area (Å²) in [6.45, 7) is 0.646. The highest BCUT2D eigenvalue weighted by Crippen LogP contribution is 2.27. The number of carbonyl (C=O) groups is 2. The Morgan fingerprint density at radius 2 is 1.96 bits per heavy atom. The van der Waals surface area contributed by atoms with E-state index in [0.717, 1.165) is 22.0 Å². The second-order valence-electron chi connectivity index (χ2n) is 6.25. The standard InChI is InChI=1S/C20H21N3O4/c21-7-6-15-10-23(11-19(24)25)18-5-4-16(9-17(15)18)27-12-13-2-1-3-14(8-13)20(22)26/h1-5,8-10H,6-7,11-12,21H2,(H2,22,26)(H,24,25). The molecular formula is C20H21N3O4. The van der Waals surface area contributed by atoms with Crippen LogP contribution >= 0.6 is 0 Å². The van der Waals surface area contributed by atoms with Crippen molar-refractivity contribution >= 4 is 22.8 Å². The normalized spacial score (nSPS) is 10.9. The van der Waals surface area contributed by atoms with Crippen LogP contribution in [0.4, 0.5) is 0 Å². The first-order valence-corrected chi connectivity index (χ1v) is 8.53. The third-order valence-electron chi connectivity index (χ3n) is 4.27. The van der Waals surface area contributed by atoms with Gasteiger partial charge >= 0.3 is 5.97 Å². The number of fused-ring (bicyclic) bond motifs is 1. The first-order valence-electron chi connectivity index (χ1n) is 8.53. The number of ether oxygens (including phenoxy) is 1. The van der Waals surface area contributed by atoms with Gasteiger partial charge in [-0.05, 0) is 54.4 Å². The Morgan fingerprint density at radius 3 is 2.67 bits per heavy atom. The first kappa shape index (κ1) is 18.5. The Bertz CT molecular complexity index is 994. The summed E-state index contributed by atoms with van der Waals surface area (Å²) in [5.41, 5.74) is 14.0. The van der Waals surface area contributed by atoms with Crippen LogP contribution in [-0.2, 0) is 24.4 Å². The van der Waals surface area contributed by atoms with Crippen molar-refractivity contribution < 1.29 is 19.4 Å². The van der Waals surface area contributed by atoms with Crippen LogP contribution in [0.2, 0.25) is 0 Å². The number of benzene rings is 2. The molecule has 7 heteroatoms. The van der Waals surface area contributed by atoms with Crippen molar-refractivity contribution in [2.24, 2.45) is 11.5 Å². The van der Waals surface area contributed by atoms with Crippen LogP contribution in [0.3, 0.4) is 0 Å².